The highest BCUT2D eigenvalue weighted by Crippen LogP contribution is 2.28. The normalized spacial score (nSPS) is 10.0. The van der Waals surface area contributed by atoms with Crippen LogP contribution in [0.2, 0.25) is 0 Å². The Bertz CT molecular complexity index is 746. The summed E-state index contributed by atoms with van der Waals surface area (Å²) in [5.74, 6) is 0.442. The molecule has 0 aliphatic heterocycles. The van der Waals surface area contributed by atoms with E-state index in [2.05, 4.69) is 10.3 Å². The second kappa shape index (κ2) is 8.53. The van der Waals surface area contributed by atoms with Gasteiger partial charge in [0, 0.05) is 18.8 Å². The Balaban J connectivity index is 1.99. The van der Waals surface area contributed by atoms with Gasteiger partial charge in [0.15, 0.2) is 18.1 Å². The van der Waals surface area contributed by atoms with Crippen LogP contribution in [0.15, 0.2) is 36.5 Å². The van der Waals surface area contributed by atoms with Crippen molar-refractivity contribution in [2.45, 2.75) is 6.54 Å². The largest absolute Gasteiger partial charge is 0.493 e. The third kappa shape index (κ3) is 5.10. The lowest BCUT2D eigenvalue weighted by Gasteiger charge is -2.12. The van der Waals surface area contributed by atoms with Gasteiger partial charge in [0.25, 0.3) is 11.8 Å². The van der Waals surface area contributed by atoms with Gasteiger partial charge >= 0.3 is 0 Å². The fraction of sp³-hybridized carbons (Fsp3) is 0.235. The number of carbonyl (C=O) groups is 2. The smallest absolute Gasteiger partial charge is 0.255 e. The van der Waals surface area contributed by atoms with Gasteiger partial charge in [0.05, 0.1) is 19.8 Å². The highest BCUT2D eigenvalue weighted by Gasteiger charge is 2.10. The predicted molar refractivity (Wildman–Crippen MR) is 89.6 cm³/mol. The van der Waals surface area contributed by atoms with E-state index in [-0.39, 0.29) is 19.1 Å². The molecular weight excluding hydrogens is 326 g/mol. The fourth-order valence-corrected chi connectivity index (χ4v) is 2.01. The molecule has 0 saturated heterocycles. The molecule has 132 valence electrons. The van der Waals surface area contributed by atoms with Crippen molar-refractivity contribution in [3.8, 4) is 17.4 Å². The Morgan fingerprint density at radius 2 is 1.92 bits per heavy atom. The molecular formula is C17H19N3O5. The van der Waals surface area contributed by atoms with Crippen LogP contribution in [0, 0.1) is 0 Å². The average Bonchev–Trinajstić information content (AvgIpc) is 2.64. The number of carbonyl (C=O) groups excluding carboxylic acids is 2. The lowest BCUT2D eigenvalue weighted by atomic mass is 10.2. The number of nitrogens with two attached hydrogens (primary N) is 1. The Hall–Kier alpha value is -3.29. The minimum atomic E-state index is -0.577. The SMILES string of the molecule is COc1ccc(C(=O)NCc2ccc(OCC(N)=O)c(OC)c2)cn1. The molecule has 25 heavy (non-hydrogen) atoms. The minimum Gasteiger partial charge on any atom is -0.493 e. The summed E-state index contributed by atoms with van der Waals surface area (Å²) in [6.07, 6.45) is 1.44. The molecule has 0 aliphatic carbocycles. The maximum absolute atomic E-state index is 12.1. The number of rotatable bonds is 8. The maximum Gasteiger partial charge on any atom is 0.255 e. The molecule has 0 aliphatic rings. The number of amides is 2. The highest BCUT2D eigenvalue weighted by atomic mass is 16.5. The van der Waals surface area contributed by atoms with E-state index in [1.807, 2.05) is 0 Å². The van der Waals surface area contributed by atoms with Gasteiger partial charge in [-0.1, -0.05) is 6.07 Å². The number of hydrogen-bond acceptors (Lipinski definition) is 6. The number of nitrogens with one attached hydrogen (secondary N) is 1. The number of nitrogens with zero attached hydrogens (tertiary/aromatic N) is 1. The Morgan fingerprint density at radius 3 is 2.52 bits per heavy atom. The molecule has 1 aromatic heterocycles. The van der Waals surface area contributed by atoms with E-state index in [9.17, 15) is 9.59 Å². The van der Waals surface area contributed by atoms with Crippen LogP contribution in [0.1, 0.15) is 15.9 Å². The molecule has 8 nitrogen and oxygen atoms in total. The first-order valence-corrected chi connectivity index (χ1v) is 7.39. The molecule has 0 atom stereocenters. The van der Waals surface area contributed by atoms with Crippen LogP contribution in [-0.2, 0) is 11.3 Å². The van der Waals surface area contributed by atoms with Crippen molar-refractivity contribution in [3.05, 3.63) is 47.7 Å². The van der Waals surface area contributed by atoms with Crippen molar-refractivity contribution < 1.29 is 23.8 Å². The molecule has 0 spiro atoms. The second-order valence-electron chi connectivity index (χ2n) is 5.01. The predicted octanol–water partition coefficient (Wildman–Crippen LogP) is 0.893. The van der Waals surface area contributed by atoms with E-state index in [4.69, 9.17) is 19.9 Å². The zero-order chi connectivity index (χ0) is 18.2. The van der Waals surface area contributed by atoms with Crippen LogP contribution in [0.25, 0.3) is 0 Å². The summed E-state index contributed by atoms with van der Waals surface area (Å²) in [7, 11) is 2.99. The number of hydrogen-bond donors (Lipinski definition) is 2. The Morgan fingerprint density at radius 1 is 1.12 bits per heavy atom. The van der Waals surface area contributed by atoms with Crippen molar-refractivity contribution in [2.75, 3.05) is 20.8 Å². The Kier molecular flexibility index (Phi) is 6.16. The van der Waals surface area contributed by atoms with Crippen LogP contribution in [0.4, 0.5) is 0 Å². The van der Waals surface area contributed by atoms with Gasteiger partial charge < -0.3 is 25.3 Å². The van der Waals surface area contributed by atoms with Crippen LogP contribution >= 0.6 is 0 Å². The number of aromatic nitrogens is 1. The lowest BCUT2D eigenvalue weighted by molar-refractivity contribution is -0.119. The molecule has 8 heteroatoms. The van der Waals surface area contributed by atoms with Gasteiger partial charge in [-0.3, -0.25) is 9.59 Å². The van der Waals surface area contributed by atoms with Crippen molar-refractivity contribution in [3.63, 3.8) is 0 Å². The molecule has 0 unspecified atom stereocenters. The van der Waals surface area contributed by atoms with E-state index in [1.165, 1.54) is 20.4 Å². The van der Waals surface area contributed by atoms with Crippen molar-refractivity contribution in [2.24, 2.45) is 5.73 Å². The summed E-state index contributed by atoms with van der Waals surface area (Å²) in [5, 5.41) is 2.78. The zero-order valence-electron chi connectivity index (χ0n) is 13.9. The van der Waals surface area contributed by atoms with Crippen molar-refractivity contribution >= 4 is 11.8 Å². The topological polar surface area (TPSA) is 113 Å². The number of benzene rings is 1. The molecule has 3 N–H and O–H groups in total. The molecule has 0 saturated carbocycles. The van der Waals surface area contributed by atoms with Crippen LogP contribution < -0.4 is 25.3 Å². The monoisotopic (exact) mass is 345 g/mol. The number of pyridine rings is 1. The first-order valence-electron chi connectivity index (χ1n) is 7.39. The summed E-state index contributed by atoms with van der Waals surface area (Å²) in [4.78, 5) is 26.9. The zero-order valence-corrected chi connectivity index (χ0v) is 13.9. The third-order valence-corrected chi connectivity index (χ3v) is 3.26. The highest BCUT2D eigenvalue weighted by molar-refractivity contribution is 5.93. The number of methoxy groups -OCH3 is 2. The second-order valence-corrected chi connectivity index (χ2v) is 5.01. The van der Waals surface area contributed by atoms with Gasteiger partial charge in [-0.2, -0.15) is 0 Å². The average molecular weight is 345 g/mol. The summed E-state index contributed by atoms with van der Waals surface area (Å²) < 4.78 is 15.4. The first kappa shape index (κ1) is 18.1. The van der Waals surface area contributed by atoms with Crippen LogP contribution in [-0.4, -0.2) is 37.6 Å². The van der Waals surface area contributed by atoms with Gasteiger partial charge in [-0.05, 0) is 23.8 Å². The minimum absolute atomic E-state index is 0.239. The molecule has 2 aromatic rings. The fourth-order valence-electron chi connectivity index (χ4n) is 2.01. The molecule has 2 amide bonds. The summed E-state index contributed by atoms with van der Waals surface area (Å²) >= 11 is 0. The van der Waals surface area contributed by atoms with Crippen molar-refractivity contribution in [1.29, 1.82) is 0 Å². The number of primary amides is 1. The van der Waals surface area contributed by atoms with Crippen LogP contribution in [0.3, 0.4) is 0 Å². The standard InChI is InChI=1S/C17H19N3O5/c1-23-14-7-11(3-5-13(14)25-10-15(18)21)8-20-17(22)12-4-6-16(24-2)19-9-12/h3-7,9H,8,10H2,1-2H3,(H2,18,21)(H,20,22). The summed E-state index contributed by atoms with van der Waals surface area (Å²) in [5.41, 5.74) is 6.28. The van der Waals surface area contributed by atoms with Crippen molar-refractivity contribution in [1.82, 2.24) is 10.3 Å². The van der Waals surface area contributed by atoms with Gasteiger partial charge in [-0.25, -0.2) is 4.98 Å². The first-order chi connectivity index (χ1) is 12.0. The van der Waals surface area contributed by atoms with E-state index >= 15 is 0 Å². The molecule has 1 aromatic carbocycles. The lowest BCUT2D eigenvalue weighted by Crippen LogP contribution is -2.23. The molecule has 0 bridgehead atoms. The number of ether oxygens (including phenoxy) is 3. The Labute approximate surface area is 144 Å². The van der Waals surface area contributed by atoms with Gasteiger partial charge in [-0.15, -0.1) is 0 Å². The van der Waals surface area contributed by atoms with Gasteiger partial charge in [0.2, 0.25) is 5.88 Å². The molecule has 1 heterocycles. The molecule has 0 radical (unpaired) electrons. The van der Waals surface area contributed by atoms with Crippen LogP contribution in [0.5, 0.6) is 17.4 Å². The van der Waals surface area contributed by atoms with Gasteiger partial charge in [0.1, 0.15) is 0 Å². The molecule has 2 rings (SSSR count). The van der Waals surface area contributed by atoms with E-state index < -0.39 is 5.91 Å². The summed E-state index contributed by atoms with van der Waals surface area (Å²) in [6, 6.07) is 8.36. The van der Waals surface area contributed by atoms with E-state index in [0.29, 0.717) is 22.9 Å². The van der Waals surface area contributed by atoms with E-state index in [0.717, 1.165) is 5.56 Å². The summed E-state index contributed by atoms with van der Waals surface area (Å²) in [6.45, 7) is 0.0498. The third-order valence-electron chi connectivity index (χ3n) is 3.26. The molecule has 0 fully saturated rings. The maximum atomic E-state index is 12.1. The quantitative estimate of drug-likeness (QED) is 0.735. The van der Waals surface area contributed by atoms with E-state index in [1.54, 1.807) is 30.3 Å².